The molecule has 0 aliphatic heterocycles. The van der Waals surface area contributed by atoms with Crippen LogP contribution in [0.2, 0.25) is 0 Å². The van der Waals surface area contributed by atoms with Gasteiger partial charge in [-0.3, -0.25) is 0 Å². The lowest BCUT2D eigenvalue weighted by Crippen LogP contribution is -2.42. The zero-order valence-corrected chi connectivity index (χ0v) is 12.2. The molecule has 18 heavy (non-hydrogen) atoms. The molecule has 1 unspecified atom stereocenters. The summed E-state index contributed by atoms with van der Waals surface area (Å²) in [6, 6.07) is 4.16. The monoisotopic (exact) mass is 252 g/mol. The molecular weight excluding hydrogens is 228 g/mol. The molecule has 102 valence electrons. The largest absolute Gasteiger partial charge is 0.490 e. The number of benzene rings is 1. The summed E-state index contributed by atoms with van der Waals surface area (Å²) in [5, 5.41) is 10.0. The molecule has 0 aliphatic rings. The first kappa shape index (κ1) is 15.0. The van der Waals surface area contributed by atoms with E-state index < -0.39 is 11.7 Å². The van der Waals surface area contributed by atoms with Crippen molar-refractivity contribution in [2.24, 2.45) is 0 Å². The molecule has 1 aromatic carbocycles. The maximum Gasteiger partial charge on any atom is 0.125 e. The summed E-state index contributed by atoms with van der Waals surface area (Å²) < 4.78 is 11.0. The summed E-state index contributed by atoms with van der Waals surface area (Å²) >= 11 is 0. The van der Waals surface area contributed by atoms with Crippen molar-refractivity contribution in [3.05, 3.63) is 28.8 Å². The fourth-order valence-corrected chi connectivity index (χ4v) is 1.89. The summed E-state index contributed by atoms with van der Waals surface area (Å²) in [6.07, 6.45) is -0.664. The fraction of sp³-hybridized carbons (Fsp3) is 0.600. The van der Waals surface area contributed by atoms with Crippen LogP contribution in [0.1, 0.15) is 30.5 Å². The molecule has 3 nitrogen and oxygen atoms in total. The highest BCUT2D eigenvalue weighted by Crippen LogP contribution is 2.25. The Kier molecular flexibility index (Phi) is 4.77. The Balaban J connectivity index is 2.76. The molecule has 0 amide bonds. The molecule has 0 radical (unpaired) electrons. The predicted octanol–water partition coefficient (Wildman–Crippen LogP) is 2.78. The average Bonchev–Trinajstić information content (AvgIpc) is 2.27. The molecule has 0 fully saturated rings. The van der Waals surface area contributed by atoms with Gasteiger partial charge in [-0.1, -0.05) is 17.7 Å². The number of aliphatic hydroxyl groups excluding tert-OH is 1. The second kappa shape index (κ2) is 5.72. The van der Waals surface area contributed by atoms with E-state index in [-0.39, 0.29) is 6.61 Å². The number of methoxy groups -OCH3 is 1. The molecule has 1 aromatic rings. The lowest BCUT2D eigenvalue weighted by Gasteiger charge is -2.29. The number of hydrogen-bond donors (Lipinski definition) is 1. The molecule has 0 saturated carbocycles. The molecule has 1 N–H and O–H groups in total. The second-order valence-corrected chi connectivity index (χ2v) is 5.36. The summed E-state index contributed by atoms with van der Waals surface area (Å²) in [6.45, 7) is 10.0. The quantitative estimate of drug-likeness (QED) is 0.875. The van der Waals surface area contributed by atoms with Gasteiger partial charge in [0.2, 0.25) is 0 Å². The maximum absolute atomic E-state index is 10.0. The Morgan fingerprint density at radius 1 is 1.17 bits per heavy atom. The van der Waals surface area contributed by atoms with Gasteiger partial charge in [-0.05, 0) is 45.7 Å². The van der Waals surface area contributed by atoms with Gasteiger partial charge in [-0.15, -0.1) is 0 Å². The van der Waals surface area contributed by atoms with Crippen molar-refractivity contribution in [1.82, 2.24) is 0 Å². The Labute approximate surface area is 110 Å². The minimum absolute atomic E-state index is 0.228. The van der Waals surface area contributed by atoms with Crippen molar-refractivity contribution < 1.29 is 14.6 Å². The van der Waals surface area contributed by atoms with Gasteiger partial charge in [0.05, 0.1) is 5.60 Å². The zero-order valence-electron chi connectivity index (χ0n) is 12.2. The smallest absolute Gasteiger partial charge is 0.125 e. The first-order chi connectivity index (χ1) is 8.27. The zero-order chi connectivity index (χ0) is 13.9. The fourth-order valence-electron chi connectivity index (χ4n) is 1.89. The number of rotatable bonds is 5. The van der Waals surface area contributed by atoms with Crippen molar-refractivity contribution in [3.8, 4) is 5.75 Å². The third-order valence-corrected chi connectivity index (χ3v) is 3.32. The van der Waals surface area contributed by atoms with E-state index >= 15 is 0 Å². The van der Waals surface area contributed by atoms with Crippen LogP contribution in [0.5, 0.6) is 5.75 Å². The minimum Gasteiger partial charge on any atom is -0.490 e. The highest BCUT2D eigenvalue weighted by atomic mass is 16.5. The molecule has 0 bridgehead atoms. The van der Waals surface area contributed by atoms with Crippen LogP contribution in [-0.4, -0.2) is 30.5 Å². The van der Waals surface area contributed by atoms with Crippen molar-refractivity contribution in [2.75, 3.05) is 13.7 Å². The first-order valence-corrected chi connectivity index (χ1v) is 6.21. The predicted molar refractivity (Wildman–Crippen MR) is 73.2 cm³/mol. The summed E-state index contributed by atoms with van der Waals surface area (Å²) in [4.78, 5) is 0. The van der Waals surface area contributed by atoms with Crippen LogP contribution in [0.4, 0.5) is 0 Å². The van der Waals surface area contributed by atoms with Crippen molar-refractivity contribution in [1.29, 1.82) is 0 Å². The van der Waals surface area contributed by atoms with E-state index in [2.05, 4.69) is 19.1 Å². The molecule has 0 saturated heterocycles. The highest BCUT2D eigenvalue weighted by Gasteiger charge is 2.28. The lowest BCUT2D eigenvalue weighted by molar-refractivity contribution is -0.0916. The normalized spacial score (nSPS) is 13.5. The van der Waals surface area contributed by atoms with E-state index in [1.807, 2.05) is 27.7 Å². The molecule has 1 rings (SSSR count). The minimum atomic E-state index is -0.664. The van der Waals surface area contributed by atoms with Gasteiger partial charge in [-0.25, -0.2) is 0 Å². The molecule has 0 aliphatic carbocycles. The van der Waals surface area contributed by atoms with Crippen molar-refractivity contribution in [3.63, 3.8) is 0 Å². The summed E-state index contributed by atoms with van der Waals surface area (Å²) in [7, 11) is 1.59. The molecular formula is C15H24O3. The first-order valence-electron chi connectivity index (χ1n) is 6.21. The van der Waals surface area contributed by atoms with Gasteiger partial charge < -0.3 is 14.6 Å². The molecule has 3 heteroatoms. The van der Waals surface area contributed by atoms with E-state index in [1.54, 1.807) is 7.11 Å². The van der Waals surface area contributed by atoms with E-state index in [4.69, 9.17) is 9.47 Å². The van der Waals surface area contributed by atoms with Crippen LogP contribution >= 0.6 is 0 Å². The standard InChI is InChI=1S/C15H24O3/c1-10-7-11(2)14(12(3)8-10)18-9-13(16)15(4,5)17-6/h7-8,13,16H,9H2,1-6H3. The number of hydrogen-bond acceptors (Lipinski definition) is 3. The van der Waals surface area contributed by atoms with Gasteiger partial charge in [0, 0.05) is 7.11 Å². The number of aryl methyl sites for hydroxylation is 3. The highest BCUT2D eigenvalue weighted by molar-refractivity contribution is 5.42. The van der Waals surface area contributed by atoms with Crippen LogP contribution in [-0.2, 0) is 4.74 Å². The van der Waals surface area contributed by atoms with Crippen LogP contribution in [0.3, 0.4) is 0 Å². The lowest BCUT2D eigenvalue weighted by atomic mass is 10.0. The molecule has 0 spiro atoms. The van der Waals surface area contributed by atoms with Crippen LogP contribution in [0, 0.1) is 20.8 Å². The van der Waals surface area contributed by atoms with Crippen molar-refractivity contribution >= 4 is 0 Å². The Hall–Kier alpha value is -1.06. The number of ether oxygens (including phenoxy) is 2. The SMILES string of the molecule is COC(C)(C)C(O)COc1c(C)cc(C)cc1C. The van der Waals surface area contributed by atoms with Gasteiger partial charge in [0.1, 0.15) is 18.5 Å². The third kappa shape index (κ3) is 3.47. The summed E-state index contributed by atoms with van der Waals surface area (Å²) in [5.41, 5.74) is 2.80. The van der Waals surface area contributed by atoms with E-state index in [9.17, 15) is 5.11 Å². The van der Waals surface area contributed by atoms with Crippen LogP contribution < -0.4 is 4.74 Å². The van der Waals surface area contributed by atoms with E-state index in [0.717, 1.165) is 16.9 Å². The van der Waals surface area contributed by atoms with Gasteiger partial charge in [-0.2, -0.15) is 0 Å². The number of aliphatic hydroxyl groups is 1. The van der Waals surface area contributed by atoms with Gasteiger partial charge in [0.15, 0.2) is 0 Å². The average molecular weight is 252 g/mol. The van der Waals surface area contributed by atoms with Gasteiger partial charge >= 0.3 is 0 Å². The Bertz CT molecular complexity index is 387. The molecule has 0 aromatic heterocycles. The maximum atomic E-state index is 10.0. The topological polar surface area (TPSA) is 38.7 Å². The third-order valence-electron chi connectivity index (χ3n) is 3.32. The molecule has 0 heterocycles. The van der Waals surface area contributed by atoms with Crippen molar-refractivity contribution in [2.45, 2.75) is 46.3 Å². The molecule has 1 atom stereocenters. The van der Waals surface area contributed by atoms with Crippen LogP contribution in [0.15, 0.2) is 12.1 Å². The summed E-state index contributed by atoms with van der Waals surface area (Å²) in [5.74, 6) is 0.853. The second-order valence-electron chi connectivity index (χ2n) is 5.36. The van der Waals surface area contributed by atoms with E-state index in [1.165, 1.54) is 5.56 Å². The van der Waals surface area contributed by atoms with Gasteiger partial charge in [0.25, 0.3) is 0 Å². The Morgan fingerprint density at radius 3 is 2.11 bits per heavy atom. The van der Waals surface area contributed by atoms with Crippen LogP contribution in [0.25, 0.3) is 0 Å². The van der Waals surface area contributed by atoms with E-state index in [0.29, 0.717) is 0 Å². The Morgan fingerprint density at radius 2 is 1.67 bits per heavy atom.